The second-order valence-electron chi connectivity index (χ2n) is 5.28. The summed E-state index contributed by atoms with van der Waals surface area (Å²) in [7, 11) is 8.23. The molecule has 132 valence electrons. The zero-order valence-electron chi connectivity index (χ0n) is 14.5. The summed E-state index contributed by atoms with van der Waals surface area (Å²) in [5, 5.41) is 12.0. The summed E-state index contributed by atoms with van der Waals surface area (Å²) in [5.74, 6) is 0. The van der Waals surface area contributed by atoms with Gasteiger partial charge in [0.1, 0.15) is 0 Å². The van der Waals surface area contributed by atoms with Crippen molar-refractivity contribution in [2.24, 2.45) is 11.5 Å². The molecule has 7 heteroatoms. The van der Waals surface area contributed by atoms with E-state index in [-0.39, 0.29) is 0 Å². The van der Waals surface area contributed by atoms with Gasteiger partial charge in [-0.15, -0.1) is 0 Å². The van der Waals surface area contributed by atoms with Gasteiger partial charge in [0.25, 0.3) is 0 Å². The lowest BCUT2D eigenvalue weighted by molar-refractivity contribution is -0.176. The molecule has 2 aromatic rings. The maximum Gasteiger partial charge on any atom is 0.309 e. The van der Waals surface area contributed by atoms with Crippen LogP contribution >= 0.6 is 0 Å². The molecule has 0 unspecified atom stereocenters. The Balaban J connectivity index is 0.000000773. The number of primary amides is 2. The molecule has 2 amide bonds. The summed E-state index contributed by atoms with van der Waals surface area (Å²) in [6.07, 6.45) is 0. The molecule has 0 spiro atoms. The van der Waals surface area contributed by atoms with E-state index >= 15 is 0 Å². The molecule has 0 bridgehead atoms. The van der Waals surface area contributed by atoms with Crippen LogP contribution in [0.1, 0.15) is 0 Å². The molecule has 0 heterocycles. The summed E-state index contributed by atoms with van der Waals surface area (Å²) < 4.78 is 0. The van der Waals surface area contributed by atoms with Gasteiger partial charge in [0.05, 0.1) is 0 Å². The van der Waals surface area contributed by atoms with E-state index in [1.807, 2.05) is 0 Å². The van der Waals surface area contributed by atoms with Crippen molar-refractivity contribution in [1.82, 2.24) is 0 Å². The molecule has 0 saturated carbocycles. The van der Waals surface area contributed by atoms with E-state index in [0.29, 0.717) is 0 Å². The molecular formula is C17H26N4O3. The minimum absolute atomic E-state index is 0.833. The molecule has 0 aliphatic heterocycles. The Morgan fingerprint density at radius 2 is 0.917 bits per heavy atom. The maximum atomic E-state index is 9.00. The van der Waals surface area contributed by atoms with Crippen molar-refractivity contribution >= 4 is 17.4 Å². The second-order valence-corrected chi connectivity index (χ2v) is 5.28. The number of nitrogens with two attached hydrogens (primary N) is 2. The monoisotopic (exact) mass is 334 g/mol. The largest absolute Gasteiger partial charge is 0.378 e. The van der Waals surface area contributed by atoms with E-state index < -0.39 is 6.03 Å². The Morgan fingerprint density at radius 1 is 0.708 bits per heavy atom. The van der Waals surface area contributed by atoms with Gasteiger partial charge in [-0.05, 0) is 35.4 Å². The number of nitrogens with zero attached hydrogens (tertiary/aromatic N) is 2. The molecule has 24 heavy (non-hydrogen) atoms. The second kappa shape index (κ2) is 10.9. The van der Waals surface area contributed by atoms with E-state index in [4.69, 9.17) is 15.3 Å². The van der Waals surface area contributed by atoms with Crippen LogP contribution < -0.4 is 21.3 Å². The van der Waals surface area contributed by atoms with E-state index in [1.54, 1.807) is 0 Å². The van der Waals surface area contributed by atoms with Gasteiger partial charge in [-0.25, -0.2) is 4.79 Å². The van der Waals surface area contributed by atoms with Gasteiger partial charge in [-0.3, -0.25) is 10.5 Å². The van der Waals surface area contributed by atoms with Gasteiger partial charge in [-0.1, -0.05) is 24.3 Å². The predicted octanol–water partition coefficient (Wildman–Crippen LogP) is 2.53. The lowest BCUT2D eigenvalue weighted by Crippen LogP contribution is -2.18. The molecule has 0 radical (unpaired) electrons. The predicted molar refractivity (Wildman–Crippen MR) is 99.6 cm³/mol. The van der Waals surface area contributed by atoms with Crippen LogP contribution in [0.4, 0.5) is 16.2 Å². The summed E-state index contributed by atoms with van der Waals surface area (Å²) in [6, 6.07) is 16.4. The van der Waals surface area contributed by atoms with Gasteiger partial charge in [0, 0.05) is 39.6 Å². The van der Waals surface area contributed by atoms with E-state index in [9.17, 15) is 0 Å². The quantitative estimate of drug-likeness (QED) is 0.508. The first-order valence-electron chi connectivity index (χ1n) is 7.11. The molecule has 0 saturated heterocycles. The van der Waals surface area contributed by atoms with Crippen molar-refractivity contribution < 1.29 is 15.3 Å². The summed E-state index contributed by atoms with van der Waals surface area (Å²) >= 11 is 0. The fourth-order valence-corrected chi connectivity index (χ4v) is 1.90. The van der Waals surface area contributed by atoms with E-state index in [1.165, 1.54) is 22.5 Å². The smallest absolute Gasteiger partial charge is 0.309 e. The van der Waals surface area contributed by atoms with Gasteiger partial charge in [-0.2, -0.15) is 0 Å². The standard InChI is InChI=1S/C16H20N2.CH4N2O.H2O2/c1-17(2)15-9-5-13(6-10-15)14-7-11-16(12-8-14)18(3)4;2-1(3)4;1-2/h5-12H,1-4H3;(H4,2,3,4);1-2H. The van der Waals surface area contributed by atoms with Crippen LogP contribution in [-0.2, 0) is 0 Å². The topological polar surface area (TPSA) is 116 Å². The number of carbonyl (C=O) groups excluding carboxylic acids is 1. The lowest BCUT2D eigenvalue weighted by Gasteiger charge is -2.14. The van der Waals surface area contributed by atoms with Crippen molar-refractivity contribution in [3.63, 3.8) is 0 Å². The molecule has 6 N–H and O–H groups in total. The summed E-state index contributed by atoms with van der Waals surface area (Å²) in [6.45, 7) is 0. The zero-order valence-corrected chi connectivity index (χ0v) is 14.5. The van der Waals surface area contributed by atoms with E-state index in [0.717, 1.165) is 0 Å². The first-order valence-corrected chi connectivity index (χ1v) is 7.11. The Kier molecular flexibility index (Phi) is 9.62. The summed E-state index contributed by atoms with van der Waals surface area (Å²) in [5.41, 5.74) is 13.5. The van der Waals surface area contributed by atoms with Crippen LogP contribution in [0, 0.1) is 0 Å². The van der Waals surface area contributed by atoms with Crippen LogP contribution in [0.5, 0.6) is 0 Å². The highest BCUT2D eigenvalue weighted by atomic mass is 17.0. The van der Waals surface area contributed by atoms with Crippen LogP contribution in [0.25, 0.3) is 11.1 Å². The minimum atomic E-state index is -0.833. The Bertz CT molecular complexity index is 543. The van der Waals surface area contributed by atoms with Crippen molar-refractivity contribution in [2.45, 2.75) is 0 Å². The van der Waals surface area contributed by atoms with Crippen molar-refractivity contribution in [3.8, 4) is 11.1 Å². The molecule has 2 rings (SSSR count). The third kappa shape index (κ3) is 7.48. The van der Waals surface area contributed by atoms with Crippen LogP contribution in [0.2, 0.25) is 0 Å². The van der Waals surface area contributed by atoms with Gasteiger partial charge in [0.2, 0.25) is 0 Å². The Hall–Kier alpha value is -2.77. The van der Waals surface area contributed by atoms with Crippen LogP contribution in [-0.4, -0.2) is 44.7 Å². The van der Waals surface area contributed by atoms with Crippen molar-refractivity contribution in [2.75, 3.05) is 38.0 Å². The number of carbonyl (C=O) groups is 1. The number of rotatable bonds is 3. The molecule has 0 atom stereocenters. The van der Waals surface area contributed by atoms with Crippen molar-refractivity contribution in [3.05, 3.63) is 48.5 Å². The zero-order chi connectivity index (χ0) is 18.7. The number of urea groups is 1. The number of amides is 2. The average molecular weight is 334 g/mol. The molecule has 7 nitrogen and oxygen atoms in total. The Labute approximate surface area is 142 Å². The highest BCUT2D eigenvalue weighted by Crippen LogP contribution is 2.24. The molecular weight excluding hydrogens is 308 g/mol. The summed E-state index contributed by atoms with van der Waals surface area (Å²) in [4.78, 5) is 13.2. The first-order chi connectivity index (χ1) is 11.3. The number of benzene rings is 2. The molecule has 0 aliphatic carbocycles. The van der Waals surface area contributed by atoms with Gasteiger partial charge in [0.15, 0.2) is 0 Å². The highest BCUT2D eigenvalue weighted by Gasteiger charge is 2.00. The maximum absolute atomic E-state index is 9.00. The fourth-order valence-electron chi connectivity index (χ4n) is 1.90. The van der Waals surface area contributed by atoms with Gasteiger partial charge >= 0.3 is 6.03 Å². The fraction of sp³-hybridized carbons (Fsp3) is 0.235. The number of anilines is 2. The van der Waals surface area contributed by atoms with Crippen molar-refractivity contribution in [1.29, 1.82) is 0 Å². The lowest BCUT2D eigenvalue weighted by atomic mass is 10.0. The molecule has 0 aliphatic rings. The Morgan fingerprint density at radius 3 is 1.08 bits per heavy atom. The third-order valence-corrected chi connectivity index (χ3v) is 3.10. The van der Waals surface area contributed by atoms with Gasteiger partial charge < -0.3 is 21.3 Å². The van der Waals surface area contributed by atoms with Crippen LogP contribution in [0.3, 0.4) is 0 Å². The molecule has 0 fully saturated rings. The minimum Gasteiger partial charge on any atom is -0.378 e. The molecule has 2 aromatic carbocycles. The normalized spacial score (nSPS) is 8.92. The van der Waals surface area contributed by atoms with E-state index in [2.05, 4.69) is 98.0 Å². The number of hydrogen-bond acceptors (Lipinski definition) is 5. The van der Waals surface area contributed by atoms with Crippen LogP contribution in [0.15, 0.2) is 48.5 Å². The number of hydrogen-bond donors (Lipinski definition) is 4. The first kappa shape index (κ1) is 21.2. The highest BCUT2D eigenvalue weighted by molar-refractivity contribution is 5.69. The SMILES string of the molecule is CN(C)c1ccc(-c2ccc(N(C)C)cc2)cc1.NC(N)=O.OO. The molecule has 0 aromatic heterocycles. The third-order valence-electron chi connectivity index (χ3n) is 3.10. The average Bonchev–Trinajstić information content (AvgIpc) is 2.56.